The van der Waals surface area contributed by atoms with E-state index in [1.54, 1.807) is 0 Å². The van der Waals surface area contributed by atoms with Gasteiger partial charge in [0.15, 0.2) is 0 Å². The van der Waals surface area contributed by atoms with Gasteiger partial charge < -0.3 is 0 Å². The molecule has 98 valence electrons. The van der Waals surface area contributed by atoms with Gasteiger partial charge in [-0.05, 0) is 43.9 Å². The van der Waals surface area contributed by atoms with Gasteiger partial charge in [-0.2, -0.15) is 0 Å². The molecule has 2 unspecified atom stereocenters. The highest BCUT2D eigenvalue weighted by atomic mass is 14.3. The molecule has 0 aromatic heterocycles. The Labute approximate surface area is 108 Å². The Balaban J connectivity index is 2.22. The lowest BCUT2D eigenvalue weighted by Crippen LogP contribution is -2.18. The van der Waals surface area contributed by atoms with Gasteiger partial charge in [-0.25, -0.2) is 0 Å². The highest BCUT2D eigenvalue weighted by Gasteiger charge is 2.22. The van der Waals surface area contributed by atoms with Gasteiger partial charge in [0, 0.05) is 0 Å². The molecule has 0 N–H and O–H groups in total. The summed E-state index contributed by atoms with van der Waals surface area (Å²) in [6.07, 6.45) is 11.8. The van der Waals surface area contributed by atoms with Crippen LogP contribution in [0.15, 0.2) is 24.3 Å². The predicted octanol–water partition coefficient (Wildman–Crippen LogP) is 5.90. The fraction of sp³-hybridized carbons (Fsp3) is 0.765. The zero-order valence-electron chi connectivity index (χ0n) is 11.9. The summed E-state index contributed by atoms with van der Waals surface area (Å²) in [6, 6.07) is 0. The molecule has 17 heavy (non-hydrogen) atoms. The summed E-state index contributed by atoms with van der Waals surface area (Å²) in [5.74, 6) is 1.68. The van der Waals surface area contributed by atoms with Crippen molar-refractivity contribution < 1.29 is 0 Å². The average Bonchev–Trinajstić information content (AvgIpc) is 2.29. The van der Waals surface area contributed by atoms with Gasteiger partial charge in [-0.15, -0.1) is 0 Å². The third-order valence-electron chi connectivity index (χ3n) is 4.27. The molecule has 0 nitrogen and oxygen atoms in total. The molecule has 1 aliphatic carbocycles. The maximum Gasteiger partial charge on any atom is -0.0180 e. The van der Waals surface area contributed by atoms with E-state index in [0.717, 1.165) is 11.8 Å². The second kappa shape index (κ2) is 7.74. The molecule has 0 aromatic rings. The molecule has 1 fully saturated rings. The van der Waals surface area contributed by atoms with Gasteiger partial charge in [-0.3, -0.25) is 0 Å². The van der Waals surface area contributed by atoms with E-state index in [0.29, 0.717) is 0 Å². The second-order valence-electron chi connectivity index (χ2n) is 5.88. The zero-order chi connectivity index (χ0) is 12.7. The van der Waals surface area contributed by atoms with Crippen LogP contribution < -0.4 is 0 Å². The second-order valence-corrected chi connectivity index (χ2v) is 5.88. The first kappa shape index (κ1) is 14.5. The molecule has 0 heteroatoms. The minimum Gasteiger partial charge on any atom is -0.0999 e. The molecule has 0 saturated heterocycles. The standard InChI is InChI=1S/C17H30/c1-5-9-14(2)10-8-12-16(4)17-13-7-6-11-15(17)3/h15,17H,2,4-13H2,1,3H3. The molecule has 0 aliphatic heterocycles. The molecule has 2 atom stereocenters. The van der Waals surface area contributed by atoms with Crippen LogP contribution in [-0.2, 0) is 0 Å². The summed E-state index contributed by atoms with van der Waals surface area (Å²) < 4.78 is 0. The smallest absolute Gasteiger partial charge is 0.0180 e. The molecule has 0 spiro atoms. The van der Waals surface area contributed by atoms with Gasteiger partial charge in [0.25, 0.3) is 0 Å². The maximum absolute atomic E-state index is 4.34. The van der Waals surface area contributed by atoms with E-state index in [1.165, 1.54) is 68.9 Å². The Hall–Kier alpha value is -0.520. The van der Waals surface area contributed by atoms with Crippen LogP contribution in [0.2, 0.25) is 0 Å². The van der Waals surface area contributed by atoms with Crippen molar-refractivity contribution in [1.29, 1.82) is 0 Å². The van der Waals surface area contributed by atoms with Crippen LogP contribution in [0.3, 0.4) is 0 Å². The molecular formula is C17H30. The number of hydrogen-bond acceptors (Lipinski definition) is 0. The molecule has 0 radical (unpaired) electrons. The van der Waals surface area contributed by atoms with Crippen molar-refractivity contribution in [2.75, 3.05) is 0 Å². The SMILES string of the molecule is C=C(CCC)CCCC(=C)C1CCCCC1C. The Kier molecular flexibility index (Phi) is 6.62. The minimum absolute atomic E-state index is 0.809. The van der Waals surface area contributed by atoms with Crippen molar-refractivity contribution in [2.24, 2.45) is 11.8 Å². The lowest BCUT2D eigenvalue weighted by Gasteiger charge is -2.30. The zero-order valence-corrected chi connectivity index (χ0v) is 11.9. The van der Waals surface area contributed by atoms with E-state index >= 15 is 0 Å². The Morgan fingerprint density at radius 3 is 2.41 bits per heavy atom. The van der Waals surface area contributed by atoms with Crippen molar-refractivity contribution in [3.8, 4) is 0 Å². The molecular weight excluding hydrogens is 204 g/mol. The molecule has 0 bridgehead atoms. The molecule has 1 rings (SSSR count). The van der Waals surface area contributed by atoms with Crippen molar-refractivity contribution >= 4 is 0 Å². The van der Waals surface area contributed by atoms with E-state index in [9.17, 15) is 0 Å². The first-order valence-corrected chi connectivity index (χ1v) is 7.49. The fourth-order valence-corrected chi connectivity index (χ4v) is 3.15. The van der Waals surface area contributed by atoms with E-state index < -0.39 is 0 Å². The highest BCUT2D eigenvalue weighted by molar-refractivity contribution is 5.04. The highest BCUT2D eigenvalue weighted by Crippen LogP contribution is 2.36. The van der Waals surface area contributed by atoms with Gasteiger partial charge in [0.2, 0.25) is 0 Å². The maximum atomic E-state index is 4.34. The van der Waals surface area contributed by atoms with Gasteiger partial charge in [0.1, 0.15) is 0 Å². The summed E-state index contributed by atoms with van der Waals surface area (Å²) in [5, 5.41) is 0. The van der Waals surface area contributed by atoms with E-state index in [4.69, 9.17) is 0 Å². The van der Waals surface area contributed by atoms with Gasteiger partial charge in [-0.1, -0.05) is 63.8 Å². The van der Waals surface area contributed by atoms with Gasteiger partial charge in [0.05, 0.1) is 0 Å². The van der Waals surface area contributed by atoms with Crippen LogP contribution in [0.4, 0.5) is 0 Å². The largest absolute Gasteiger partial charge is 0.0999 e. The van der Waals surface area contributed by atoms with Crippen LogP contribution in [0, 0.1) is 11.8 Å². The Morgan fingerprint density at radius 1 is 1.06 bits per heavy atom. The predicted molar refractivity (Wildman–Crippen MR) is 78.2 cm³/mol. The molecule has 0 amide bonds. The van der Waals surface area contributed by atoms with Crippen LogP contribution in [0.5, 0.6) is 0 Å². The van der Waals surface area contributed by atoms with Crippen LogP contribution in [0.1, 0.15) is 71.6 Å². The minimum atomic E-state index is 0.809. The van der Waals surface area contributed by atoms with Crippen molar-refractivity contribution in [1.82, 2.24) is 0 Å². The summed E-state index contributed by atoms with van der Waals surface area (Å²) in [5.41, 5.74) is 2.94. The van der Waals surface area contributed by atoms with Gasteiger partial charge >= 0.3 is 0 Å². The quantitative estimate of drug-likeness (QED) is 0.481. The number of hydrogen-bond donors (Lipinski definition) is 0. The van der Waals surface area contributed by atoms with Crippen LogP contribution in [-0.4, -0.2) is 0 Å². The average molecular weight is 234 g/mol. The molecule has 0 aromatic carbocycles. The lowest BCUT2D eigenvalue weighted by molar-refractivity contribution is 0.288. The third kappa shape index (κ3) is 5.10. The Bertz CT molecular complexity index is 249. The number of allylic oxidation sites excluding steroid dienone is 2. The summed E-state index contributed by atoms with van der Waals surface area (Å²) in [6.45, 7) is 13.1. The van der Waals surface area contributed by atoms with Crippen molar-refractivity contribution in [2.45, 2.75) is 71.6 Å². The van der Waals surface area contributed by atoms with Crippen molar-refractivity contribution in [3.63, 3.8) is 0 Å². The lowest BCUT2D eigenvalue weighted by atomic mass is 9.75. The van der Waals surface area contributed by atoms with E-state index in [-0.39, 0.29) is 0 Å². The molecule has 1 aliphatic rings. The molecule has 1 saturated carbocycles. The summed E-state index contributed by atoms with van der Waals surface area (Å²) in [4.78, 5) is 0. The first-order chi connectivity index (χ1) is 8.15. The normalized spacial score (nSPS) is 24.6. The topological polar surface area (TPSA) is 0 Å². The van der Waals surface area contributed by atoms with Crippen molar-refractivity contribution in [3.05, 3.63) is 24.3 Å². The fourth-order valence-electron chi connectivity index (χ4n) is 3.15. The summed E-state index contributed by atoms with van der Waals surface area (Å²) in [7, 11) is 0. The van der Waals surface area contributed by atoms with E-state index in [1.807, 2.05) is 0 Å². The Morgan fingerprint density at radius 2 is 1.76 bits per heavy atom. The monoisotopic (exact) mass is 234 g/mol. The van der Waals surface area contributed by atoms with Crippen LogP contribution >= 0.6 is 0 Å². The van der Waals surface area contributed by atoms with Crippen LogP contribution in [0.25, 0.3) is 0 Å². The van der Waals surface area contributed by atoms with E-state index in [2.05, 4.69) is 27.0 Å². The first-order valence-electron chi connectivity index (χ1n) is 7.49. The number of rotatable bonds is 7. The third-order valence-corrected chi connectivity index (χ3v) is 4.27. The summed E-state index contributed by atoms with van der Waals surface area (Å²) >= 11 is 0. The molecule has 0 heterocycles.